The van der Waals surface area contributed by atoms with E-state index < -0.39 is 5.91 Å². The van der Waals surface area contributed by atoms with Gasteiger partial charge < -0.3 is 18.1 Å². The van der Waals surface area contributed by atoms with E-state index in [0.29, 0.717) is 16.6 Å². The summed E-state index contributed by atoms with van der Waals surface area (Å²) >= 11 is 3.31. The maximum absolute atomic E-state index is 13.0. The first-order valence-electron chi connectivity index (χ1n) is 5.29. The van der Waals surface area contributed by atoms with Gasteiger partial charge in [-0.25, -0.2) is 4.39 Å². The lowest BCUT2D eigenvalue weighted by atomic mass is 10.2. The normalized spacial score (nSPS) is 9.79. The van der Waals surface area contributed by atoms with Gasteiger partial charge >= 0.3 is 0 Å². The highest BCUT2D eigenvalue weighted by molar-refractivity contribution is 9.10. The first kappa shape index (κ1) is 15.6. The topological polar surface area (TPSA) is 47.0 Å². The molecule has 0 aliphatic rings. The van der Waals surface area contributed by atoms with Crippen LogP contribution in [0.25, 0.3) is 0 Å². The van der Waals surface area contributed by atoms with Crippen LogP contribution in [0, 0.1) is 5.82 Å². The lowest BCUT2D eigenvalue weighted by molar-refractivity contribution is -0.688. The number of rotatable bonds is 3. The summed E-state index contributed by atoms with van der Waals surface area (Å²) in [6.07, 6.45) is 3.49. The molecule has 0 radical (unpaired) electrons. The number of hydrogen-bond acceptors (Lipinski definition) is 1. The Bertz CT molecular complexity index is 607. The molecule has 0 bridgehead atoms. The number of amides is 1. The maximum Gasteiger partial charge on any atom is 0.254 e. The standard InChI is InChI=1S/C13H10BrFN2O.ClH/c14-12-6-11(15)4-3-9(12)7-17-5-1-2-10(8-17)13(16)18;/h1-6,8H,7H2,(H-,16,18);1H. The van der Waals surface area contributed by atoms with Gasteiger partial charge in [-0.3, -0.25) is 4.79 Å². The van der Waals surface area contributed by atoms with Crippen molar-refractivity contribution < 1.29 is 26.2 Å². The molecule has 1 amide bonds. The molecular formula is C13H11BrClFN2O. The van der Waals surface area contributed by atoms with Gasteiger partial charge in [-0.15, -0.1) is 0 Å². The van der Waals surface area contributed by atoms with Crippen molar-refractivity contribution >= 4 is 21.8 Å². The van der Waals surface area contributed by atoms with E-state index in [1.807, 2.05) is 10.8 Å². The molecule has 2 rings (SSSR count). The molecule has 0 saturated carbocycles. The van der Waals surface area contributed by atoms with E-state index in [2.05, 4.69) is 15.9 Å². The molecular weight excluding hydrogens is 335 g/mol. The molecule has 0 fully saturated rings. The number of hydrogen-bond donors (Lipinski definition) is 1. The average molecular weight is 346 g/mol. The number of carbonyl (C=O) groups excluding carboxylic acids is 1. The lowest BCUT2D eigenvalue weighted by Crippen LogP contribution is -3.00. The van der Waals surface area contributed by atoms with Crippen LogP contribution < -0.4 is 22.7 Å². The zero-order valence-corrected chi connectivity index (χ0v) is 12.2. The molecule has 1 heterocycles. The van der Waals surface area contributed by atoms with Gasteiger partial charge in [0.05, 0.1) is 0 Å². The number of carbonyl (C=O) groups is 1. The fourth-order valence-corrected chi connectivity index (χ4v) is 2.09. The van der Waals surface area contributed by atoms with E-state index in [1.165, 1.54) is 12.1 Å². The van der Waals surface area contributed by atoms with Crippen LogP contribution in [0.15, 0.2) is 47.2 Å². The van der Waals surface area contributed by atoms with Crippen LogP contribution in [0.1, 0.15) is 15.9 Å². The number of nitrogens with two attached hydrogens (primary N) is 1. The van der Waals surface area contributed by atoms with E-state index >= 15 is 0 Å². The summed E-state index contributed by atoms with van der Waals surface area (Å²) in [6.45, 7) is 0.530. The molecule has 0 spiro atoms. The lowest BCUT2D eigenvalue weighted by Gasteiger charge is -2.02. The van der Waals surface area contributed by atoms with E-state index in [-0.39, 0.29) is 18.2 Å². The fraction of sp³-hybridized carbons (Fsp3) is 0.0769. The van der Waals surface area contributed by atoms with Crippen LogP contribution in [0.2, 0.25) is 0 Å². The van der Waals surface area contributed by atoms with Crippen molar-refractivity contribution in [3.05, 3.63) is 64.1 Å². The Kier molecular flexibility index (Phi) is 5.44. The molecule has 0 aliphatic carbocycles. The monoisotopic (exact) mass is 344 g/mol. The van der Waals surface area contributed by atoms with Gasteiger partial charge in [0.15, 0.2) is 18.9 Å². The second kappa shape index (κ2) is 6.63. The molecule has 0 saturated heterocycles. The van der Waals surface area contributed by atoms with Crippen LogP contribution in [0.4, 0.5) is 4.39 Å². The van der Waals surface area contributed by atoms with Crippen LogP contribution in [-0.4, -0.2) is 5.91 Å². The predicted molar refractivity (Wildman–Crippen MR) is 68.4 cm³/mol. The van der Waals surface area contributed by atoms with Gasteiger partial charge in [0, 0.05) is 16.1 Å². The number of pyridine rings is 1. The van der Waals surface area contributed by atoms with Crippen LogP contribution in [-0.2, 0) is 6.54 Å². The van der Waals surface area contributed by atoms with E-state index in [9.17, 15) is 9.18 Å². The average Bonchev–Trinajstić information content (AvgIpc) is 2.33. The minimum Gasteiger partial charge on any atom is -1.00 e. The third kappa shape index (κ3) is 4.01. The highest BCUT2D eigenvalue weighted by Crippen LogP contribution is 2.17. The first-order valence-corrected chi connectivity index (χ1v) is 6.08. The van der Waals surface area contributed by atoms with Crippen molar-refractivity contribution in [3.8, 4) is 0 Å². The summed E-state index contributed by atoms with van der Waals surface area (Å²) in [6, 6.07) is 7.91. The summed E-state index contributed by atoms with van der Waals surface area (Å²) < 4.78 is 15.5. The zero-order chi connectivity index (χ0) is 13.1. The van der Waals surface area contributed by atoms with Gasteiger partial charge in [0.1, 0.15) is 11.4 Å². The van der Waals surface area contributed by atoms with Crippen molar-refractivity contribution in [2.45, 2.75) is 6.54 Å². The van der Waals surface area contributed by atoms with Crippen molar-refractivity contribution in [1.82, 2.24) is 0 Å². The van der Waals surface area contributed by atoms with Gasteiger partial charge in [-0.2, -0.15) is 4.57 Å². The van der Waals surface area contributed by atoms with E-state index in [1.54, 1.807) is 24.4 Å². The molecule has 2 aromatic rings. The number of primary amides is 1. The van der Waals surface area contributed by atoms with E-state index in [4.69, 9.17) is 5.73 Å². The molecule has 0 atom stereocenters. The molecule has 0 aliphatic heterocycles. The quantitative estimate of drug-likeness (QED) is 0.715. The highest BCUT2D eigenvalue weighted by Gasteiger charge is 2.10. The van der Waals surface area contributed by atoms with Gasteiger partial charge in [0.2, 0.25) is 0 Å². The predicted octanol–water partition coefficient (Wildman–Crippen LogP) is -0.973. The zero-order valence-electron chi connectivity index (χ0n) is 9.82. The van der Waals surface area contributed by atoms with Crippen molar-refractivity contribution in [2.75, 3.05) is 0 Å². The largest absolute Gasteiger partial charge is 1.00 e. The van der Waals surface area contributed by atoms with Crippen LogP contribution in [0.3, 0.4) is 0 Å². The number of halogens is 3. The Balaban J connectivity index is 0.00000180. The second-order valence-corrected chi connectivity index (χ2v) is 4.72. The Labute approximate surface area is 124 Å². The highest BCUT2D eigenvalue weighted by atomic mass is 79.9. The summed E-state index contributed by atoms with van der Waals surface area (Å²) in [4.78, 5) is 11.1. The number of aromatic nitrogens is 1. The third-order valence-corrected chi connectivity index (χ3v) is 3.25. The molecule has 2 N–H and O–H groups in total. The second-order valence-electron chi connectivity index (χ2n) is 3.86. The molecule has 1 aromatic heterocycles. The molecule has 1 aromatic carbocycles. The Hall–Kier alpha value is -1.46. The summed E-state index contributed by atoms with van der Waals surface area (Å²) in [5.41, 5.74) is 6.57. The van der Waals surface area contributed by atoms with Crippen molar-refractivity contribution in [2.24, 2.45) is 5.73 Å². The molecule has 0 unspecified atom stereocenters. The van der Waals surface area contributed by atoms with E-state index in [0.717, 1.165) is 5.56 Å². The van der Waals surface area contributed by atoms with Crippen LogP contribution >= 0.6 is 15.9 Å². The molecule has 100 valence electrons. The molecule has 3 nitrogen and oxygen atoms in total. The smallest absolute Gasteiger partial charge is 0.254 e. The Morgan fingerprint density at radius 3 is 2.74 bits per heavy atom. The van der Waals surface area contributed by atoms with Crippen molar-refractivity contribution in [1.29, 1.82) is 0 Å². The summed E-state index contributed by atoms with van der Waals surface area (Å²) in [7, 11) is 0. The van der Waals surface area contributed by atoms with Gasteiger partial charge in [-0.1, -0.05) is 15.9 Å². The van der Waals surface area contributed by atoms with Gasteiger partial charge in [-0.05, 0) is 24.3 Å². The third-order valence-electron chi connectivity index (χ3n) is 2.51. The SMILES string of the molecule is NC(=O)c1ccc[n+](Cc2ccc(F)cc2Br)c1.[Cl-]. The Morgan fingerprint density at radius 2 is 2.11 bits per heavy atom. The fourth-order valence-electron chi connectivity index (χ4n) is 1.61. The molecule has 6 heteroatoms. The number of benzene rings is 1. The summed E-state index contributed by atoms with van der Waals surface area (Å²) in [5, 5.41) is 0. The number of nitrogens with zero attached hydrogens (tertiary/aromatic N) is 1. The van der Waals surface area contributed by atoms with Crippen LogP contribution in [0.5, 0.6) is 0 Å². The van der Waals surface area contributed by atoms with Crippen molar-refractivity contribution in [3.63, 3.8) is 0 Å². The minimum atomic E-state index is -0.470. The molecule has 19 heavy (non-hydrogen) atoms. The maximum atomic E-state index is 13.0. The Morgan fingerprint density at radius 1 is 1.37 bits per heavy atom. The summed E-state index contributed by atoms with van der Waals surface area (Å²) in [5.74, 6) is -0.760. The first-order chi connectivity index (χ1) is 8.56. The van der Waals surface area contributed by atoms with Gasteiger partial charge in [0.25, 0.3) is 5.91 Å². The minimum absolute atomic E-state index is 0.